The van der Waals surface area contributed by atoms with Crippen molar-refractivity contribution in [3.63, 3.8) is 0 Å². The maximum absolute atomic E-state index is 13.1. The summed E-state index contributed by atoms with van der Waals surface area (Å²) in [5, 5.41) is 4.14. The van der Waals surface area contributed by atoms with E-state index >= 15 is 0 Å². The van der Waals surface area contributed by atoms with Gasteiger partial charge in [0.2, 0.25) is 5.91 Å². The Hall–Kier alpha value is -2.08. The molecule has 3 rings (SSSR count). The summed E-state index contributed by atoms with van der Waals surface area (Å²) in [6.45, 7) is 5.33. The normalized spacial score (nSPS) is 17.3. The zero-order valence-electron chi connectivity index (χ0n) is 15.6. The Morgan fingerprint density at radius 3 is 2.92 bits per heavy atom. The monoisotopic (exact) mass is 374 g/mol. The third-order valence-corrected chi connectivity index (χ3v) is 6.15. The Morgan fingerprint density at radius 2 is 2.19 bits per heavy atom. The molecule has 2 amide bonds. The molecule has 140 valence electrons. The average Bonchev–Trinajstić information content (AvgIpc) is 2.97. The molecule has 1 unspecified atom stereocenters. The van der Waals surface area contributed by atoms with Crippen LogP contribution in [0.5, 0.6) is 5.75 Å². The van der Waals surface area contributed by atoms with Crippen molar-refractivity contribution in [3.05, 3.63) is 28.6 Å². The second kappa shape index (κ2) is 8.08. The van der Waals surface area contributed by atoms with Gasteiger partial charge in [0.05, 0.1) is 12.0 Å². The Bertz CT molecular complexity index is 815. The SMILES string of the molecule is CCCC(=O)NC1CCCN(C(=O)c2sc3ccc(OC)cc3c2C)C1. The van der Waals surface area contributed by atoms with Gasteiger partial charge in [0.1, 0.15) is 5.75 Å². The Kier molecular flexibility index (Phi) is 5.81. The fraction of sp³-hybridized carbons (Fsp3) is 0.500. The summed E-state index contributed by atoms with van der Waals surface area (Å²) in [5.41, 5.74) is 1.01. The molecule has 1 aliphatic heterocycles. The van der Waals surface area contributed by atoms with E-state index in [9.17, 15) is 9.59 Å². The van der Waals surface area contributed by atoms with E-state index in [2.05, 4.69) is 5.32 Å². The van der Waals surface area contributed by atoms with Crippen LogP contribution in [0.3, 0.4) is 0 Å². The number of nitrogens with one attached hydrogen (secondary N) is 1. The van der Waals surface area contributed by atoms with Crippen molar-refractivity contribution >= 4 is 33.2 Å². The van der Waals surface area contributed by atoms with Crippen molar-refractivity contribution in [1.29, 1.82) is 0 Å². The number of likely N-dealkylation sites (tertiary alicyclic amines) is 1. The topological polar surface area (TPSA) is 58.6 Å². The van der Waals surface area contributed by atoms with E-state index in [4.69, 9.17) is 4.74 Å². The van der Waals surface area contributed by atoms with Crippen molar-refractivity contribution in [2.45, 2.75) is 45.6 Å². The van der Waals surface area contributed by atoms with Crippen molar-refractivity contribution in [1.82, 2.24) is 10.2 Å². The zero-order chi connectivity index (χ0) is 18.7. The fourth-order valence-corrected chi connectivity index (χ4v) is 4.64. The molecule has 0 saturated carbocycles. The van der Waals surface area contributed by atoms with Crippen molar-refractivity contribution in [2.24, 2.45) is 0 Å². The molecule has 0 bridgehead atoms. The number of aryl methyl sites for hydroxylation is 1. The summed E-state index contributed by atoms with van der Waals surface area (Å²) < 4.78 is 6.40. The lowest BCUT2D eigenvalue weighted by Crippen LogP contribution is -2.49. The van der Waals surface area contributed by atoms with Crippen LogP contribution in [0.1, 0.15) is 47.8 Å². The number of carbonyl (C=O) groups excluding carboxylic acids is 2. The molecular weight excluding hydrogens is 348 g/mol. The van der Waals surface area contributed by atoms with Crippen LogP contribution in [0.2, 0.25) is 0 Å². The second-order valence-corrected chi connectivity index (χ2v) is 7.88. The molecule has 6 heteroatoms. The number of rotatable bonds is 5. The minimum Gasteiger partial charge on any atom is -0.497 e. The van der Waals surface area contributed by atoms with E-state index in [0.29, 0.717) is 13.0 Å². The lowest BCUT2D eigenvalue weighted by Gasteiger charge is -2.33. The lowest BCUT2D eigenvalue weighted by atomic mass is 10.0. The summed E-state index contributed by atoms with van der Waals surface area (Å²) in [5.74, 6) is 0.947. The summed E-state index contributed by atoms with van der Waals surface area (Å²) in [6.07, 6.45) is 3.23. The quantitative estimate of drug-likeness (QED) is 0.867. The first-order valence-electron chi connectivity index (χ1n) is 9.19. The number of methoxy groups -OCH3 is 1. The predicted molar refractivity (Wildman–Crippen MR) is 105 cm³/mol. The van der Waals surface area contributed by atoms with Gasteiger partial charge in [-0.1, -0.05) is 6.92 Å². The smallest absolute Gasteiger partial charge is 0.264 e. The number of hydrogen-bond donors (Lipinski definition) is 1. The molecule has 1 fully saturated rings. The molecule has 0 spiro atoms. The van der Waals surface area contributed by atoms with Gasteiger partial charge in [-0.25, -0.2) is 0 Å². The number of ether oxygens (including phenoxy) is 1. The molecule has 26 heavy (non-hydrogen) atoms. The van der Waals surface area contributed by atoms with E-state index in [1.165, 1.54) is 11.3 Å². The first-order valence-corrected chi connectivity index (χ1v) is 10.0. The largest absolute Gasteiger partial charge is 0.497 e. The van der Waals surface area contributed by atoms with Crippen LogP contribution in [0.4, 0.5) is 0 Å². The van der Waals surface area contributed by atoms with Crippen molar-refractivity contribution in [3.8, 4) is 5.75 Å². The molecule has 2 aromatic rings. The summed E-state index contributed by atoms with van der Waals surface area (Å²) >= 11 is 1.53. The molecule has 0 radical (unpaired) electrons. The highest BCUT2D eigenvalue weighted by atomic mass is 32.1. The Morgan fingerprint density at radius 1 is 1.38 bits per heavy atom. The molecule has 0 aliphatic carbocycles. The molecule has 5 nitrogen and oxygen atoms in total. The van der Waals surface area contributed by atoms with Crippen LogP contribution in [0, 0.1) is 6.92 Å². The number of piperidine rings is 1. The van der Waals surface area contributed by atoms with Crippen LogP contribution in [0.25, 0.3) is 10.1 Å². The molecular formula is C20H26N2O3S. The minimum absolute atomic E-state index is 0.0570. The van der Waals surface area contributed by atoms with Crippen molar-refractivity contribution in [2.75, 3.05) is 20.2 Å². The van der Waals surface area contributed by atoms with Gasteiger partial charge in [-0.15, -0.1) is 11.3 Å². The van der Waals surface area contributed by atoms with Gasteiger partial charge in [0.15, 0.2) is 0 Å². The lowest BCUT2D eigenvalue weighted by molar-refractivity contribution is -0.122. The van der Waals surface area contributed by atoms with E-state index in [1.807, 2.05) is 36.9 Å². The Labute approximate surface area is 158 Å². The van der Waals surface area contributed by atoms with Gasteiger partial charge in [0, 0.05) is 30.3 Å². The maximum Gasteiger partial charge on any atom is 0.264 e. The van der Waals surface area contributed by atoms with Gasteiger partial charge in [0.25, 0.3) is 5.91 Å². The fourth-order valence-electron chi connectivity index (χ4n) is 3.48. The number of nitrogens with zero attached hydrogens (tertiary/aromatic N) is 1. The van der Waals surface area contributed by atoms with Gasteiger partial charge in [-0.05, 0) is 55.3 Å². The summed E-state index contributed by atoms with van der Waals surface area (Å²) in [6, 6.07) is 5.97. The van der Waals surface area contributed by atoms with Crippen LogP contribution in [-0.2, 0) is 4.79 Å². The highest BCUT2D eigenvalue weighted by molar-refractivity contribution is 7.21. The van der Waals surface area contributed by atoms with Crippen LogP contribution in [-0.4, -0.2) is 43.0 Å². The molecule has 1 aliphatic rings. The van der Waals surface area contributed by atoms with Crippen LogP contribution < -0.4 is 10.1 Å². The average molecular weight is 375 g/mol. The number of thiophene rings is 1. The number of amides is 2. The standard InChI is InChI=1S/C20H26N2O3S/c1-4-6-18(23)21-14-7-5-10-22(12-14)20(24)19-13(2)16-11-15(25-3)8-9-17(16)26-19/h8-9,11,14H,4-7,10,12H2,1-3H3,(H,21,23). The predicted octanol–water partition coefficient (Wildman–Crippen LogP) is 3.74. The minimum atomic E-state index is 0.0570. The summed E-state index contributed by atoms with van der Waals surface area (Å²) in [4.78, 5) is 27.6. The number of hydrogen-bond acceptors (Lipinski definition) is 4. The maximum atomic E-state index is 13.1. The third-order valence-electron chi connectivity index (χ3n) is 4.89. The van der Waals surface area contributed by atoms with Gasteiger partial charge >= 0.3 is 0 Å². The third kappa shape index (κ3) is 3.85. The molecule has 1 aromatic carbocycles. The molecule has 2 heterocycles. The zero-order valence-corrected chi connectivity index (χ0v) is 16.4. The first kappa shape index (κ1) is 18.7. The van der Waals surface area contributed by atoms with Gasteiger partial charge < -0.3 is 15.0 Å². The van der Waals surface area contributed by atoms with E-state index in [1.54, 1.807) is 7.11 Å². The van der Waals surface area contributed by atoms with E-state index in [0.717, 1.165) is 52.1 Å². The van der Waals surface area contributed by atoms with Crippen LogP contribution >= 0.6 is 11.3 Å². The Balaban J connectivity index is 1.77. The van der Waals surface area contributed by atoms with Gasteiger partial charge in [-0.2, -0.15) is 0 Å². The number of fused-ring (bicyclic) bond motifs is 1. The van der Waals surface area contributed by atoms with E-state index < -0.39 is 0 Å². The molecule has 1 aromatic heterocycles. The van der Waals surface area contributed by atoms with Crippen molar-refractivity contribution < 1.29 is 14.3 Å². The highest BCUT2D eigenvalue weighted by Crippen LogP contribution is 2.34. The number of benzene rings is 1. The second-order valence-electron chi connectivity index (χ2n) is 6.83. The molecule has 1 atom stereocenters. The number of carbonyl (C=O) groups is 2. The summed E-state index contributed by atoms with van der Waals surface area (Å²) in [7, 11) is 1.65. The molecule has 1 N–H and O–H groups in total. The first-order chi connectivity index (χ1) is 12.5. The van der Waals surface area contributed by atoms with Gasteiger partial charge in [-0.3, -0.25) is 9.59 Å². The highest BCUT2D eigenvalue weighted by Gasteiger charge is 2.27. The van der Waals surface area contributed by atoms with E-state index in [-0.39, 0.29) is 17.9 Å². The molecule has 1 saturated heterocycles. The van der Waals surface area contributed by atoms with Crippen LogP contribution in [0.15, 0.2) is 18.2 Å².